The van der Waals surface area contributed by atoms with Crippen LogP contribution in [0.15, 0.2) is 84.2 Å². The Balaban J connectivity index is 1.58. The number of aromatic nitrogens is 2. The van der Waals surface area contributed by atoms with E-state index in [-0.39, 0.29) is 24.5 Å². The minimum Gasteiger partial charge on any atom is -0.493 e. The highest BCUT2D eigenvalue weighted by Crippen LogP contribution is 2.29. The van der Waals surface area contributed by atoms with Crippen LogP contribution in [0.5, 0.6) is 11.5 Å². The molecule has 0 aliphatic carbocycles. The Labute approximate surface area is 196 Å². The van der Waals surface area contributed by atoms with Crippen molar-refractivity contribution in [2.45, 2.75) is 19.1 Å². The zero-order valence-electron chi connectivity index (χ0n) is 18.8. The lowest BCUT2D eigenvalue weighted by molar-refractivity contribution is 0.0868. The maximum Gasteiger partial charge on any atom is 0.274 e. The van der Waals surface area contributed by atoms with Crippen LogP contribution in [-0.4, -0.2) is 34.7 Å². The van der Waals surface area contributed by atoms with Crippen LogP contribution in [0.2, 0.25) is 0 Å². The van der Waals surface area contributed by atoms with E-state index < -0.39 is 6.10 Å². The average Bonchev–Trinajstić information content (AvgIpc) is 2.85. The third-order valence-corrected chi connectivity index (χ3v) is 5.41. The molecule has 0 radical (unpaired) electrons. The number of hydrogen-bond donors (Lipinski definition) is 1. The summed E-state index contributed by atoms with van der Waals surface area (Å²) in [5.74, 6) is 0.674. The molecule has 1 unspecified atom stereocenters. The van der Waals surface area contributed by atoms with Crippen LogP contribution in [0.1, 0.15) is 5.56 Å². The van der Waals surface area contributed by atoms with Gasteiger partial charge in [-0.25, -0.2) is 9.07 Å². The van der Waals surface area contributed by atoms with Crippen LogP contribution in [0.3, 0.4) is 0 Å². The Hall–Kier alpha value is -3.97. The van der Waals surface area contributed by atoms with E-state index in [0.717, 1.165) is 5.56 Å². The van der Waals surface area contributed by atoms with E-state index in [0.29, 0.717) is 39.9 Å². The Kier molecular flexibility index (Phi) is 7.04. The van der Waals surface area contributed by atoms with Crippen molar-refractivity contribution in [1.29, 1.82) is 0 Å². The molecule has 0 amide bonds. The molecule has 34 heavy (non-hydrogen) atoms. The third-order valence-electron chi connectivity index (χ3n) is 5.41. The molecule has 6 nitrogen and oxygen atoms in total. The van der Waals surface area contributed by atoms with Gasteiger partial charge in [0.15, 0.2) is 11.5 Å². The van der Waals surface area contributed by atoms with Gasteiger partial charge in [0.25, 0.3) is 5.56 Å². The molecule has 0 saturated heterocycles. The second-order valence-electron chi connectivity index (χ2n) is 7.83. The number of hydrogen-bond acceptors (Lipinski definition) is 5. The SMILES string of the molecule is C=CCc1ccc(OCC(O)Cn2nc(-c3ccc(F)cc3)c3ccccc3c2=O)c(OC)c1. The number of nitrogens with zero attached hydrogens (tertiary/aromatic N) is 2. The van der Waals surface area contributed by atoms with Crippen LogP contribution in [0.25, 0.3) is 22.0 Å². The quantitative estimate of drug-likeness (QED) is 0.375. The van der Waals surface area contributed by atoms with Crippen LogP contribution in [0.4, 0.5) is 4.39 Å². The third kappa shape index (κ3) is 5.00. The number of fused-ring (bicyclic) bond motifs is 1. The first-order chi connectivity index (χ1) is 16.5. The molecule has 0 spiro atoms. The molecule has 1 heterocycles. The zero-order valence-corrected chi connectivity index (χ0v) is 18.8. The van der Waals surface area contributed by atoms with Crippen molar-refractivity contribution in [2.75, 3.05) is 13.7 Å². The number of aliphatic hydroxyl groups excluding tert-OH is 1. The van der Waals surface area contributed by atoms with Crippen LogP contribution < -0.4 is 15.0 Å². The van der Waals surface area contributed by atoms with Gasteiger partial charge in [0.2, 0.25) is 0 Å². The van der Waals surface area contributed by atoms with Crippen molar-refractivity contribution in [3.63, 3.8) is 0 Å². The molecule has 0 fully saturated rings. The van der Waals surface area contributed by atoms with Gasteiger partial charge in [-0.2, -0.15) is 5.10 Å². The van der Waals surface area contributed by atoms with Gasteiger partial charge in [-0.1, -0.05) is 30.3 Å². The summed E-state index contributed by atoms with van der Waals surface area (Å²) in [6.07, 6.45) is 1.49. The molecule has 0 aliphatic rings. The predicted molar refractivity (Wildman–Crippen MR) is 130 cm³/mol. The molecule has 7 heteroatoms. The Morgan fingerprint density at radius 2 is 1.82 bits per heavy atom. The van der Waals surface area contributed by atoms with E-state index in [9.17, 15) is 14.3 Å². The number of aliphatic hydroxyl groups is 1. The molecule has 1 atom stereocenters. The molecule has 3 aromatic carbocycles. The molecular formula is C27H25FN2O4. The first kappa shape index (κ1) is 23.2. The molecule has 0 aliphatic heterocycles. The lowest BCUT2D eigenvalue weighted by atomic mass is 10.1. The number of ether oxygens (including phenoxy) is 2. The summed E-state index contributed by atoms with van der Waals surface area (Å²) in [7, 11) is 1.55. The summed E-state index contributed by atoms with van der Waals surface area (Å²) >= 11 is 0. The maximum absolute atomic E-state index is 13.4. The van der Waals surface area contributed by atoms with Gasteiger partial charge in [-0.3, -0.25) is 4.79 Å². The highest BCUT2D eigenvalue weighted by Gasteiger charge is 2.16. The van der Waals surface area contributed by atoms with Crippen molar-refractivity contribution in [1.82, 2.24) is 9.78 Å². The van der Waals surface area contributed by atoms with Crippen molar-refractivity contribution in [2.24, 2.45) is 0 Å². The number of halogens is 1. The van der Waals surface area contributed by atoms with E-state index in [4.69, 9.17) is 9.47 Å². The minimum atomic E-state index is -1.01. The first-order valence-corrected chi connectivity index (χ1v) is 10.8. The van der Waals surface area contributed by atoms with Gasteiger partial charge in [0.05, 0.1) is 24.7 Å². The number of methoxy groups -OCH3 is 1. The highest BCUT2D eigenvalue weighted by atomic mass is 19.1. The van der Waals surface area contributed by atoms with Crippen LogP contribution in [-0.2, 0) is 13.0 Å². The number of rotatable bonds is 9. The fourth-order valence-electron chi connectivity index (χ4n) is 3.74. The lowest BCUT2D eigenvalue weighted by Gasteiger charge is -2.17. The predicted octanol–water partition coefficient (Wildman–Crippen LogP) is 4.38. The van der Waals surface area contributed by atoms with Crippen molar-refractivity contribution < 1.29 is 19.0 Å². The van der Waals surface area contributed by atoms with Gasteiger partial charge in [-0.05, 0) is 54.4 Å². The number of allylic oxidation sites excluding steroid dienone is 1. The van der Waals surface area contributed by atoms with E-state index in [1.54, 1.807) is 49.6 Å². The van der Waals surface area contributed by atoms with Gasteiger partial charge < -0.3 is 14.6 Å². The van der Waals surface area contributed by atoms with Gasteiger partial charge in [0, 0.05) is 10.9 Å². The Bertz CT molecular complexity index is 1370. The first-order valence-electron chi connectivity index (χ1n) is 10.8. The summed E-state index contributed by atoms with van der Waals surface area (Å²) in [6.45, 7) is 3.59. The molecular weight excluding hydrogens is 435 g/mol. The van der Waals surface area contributed by atoms with E-state index in [1.165, 1.54) is 16.8 Å². The normalized spacial score (nSPS) is 11.9. The van der Waals surface area contributed by atoms with E-state index in [1.807, 2.05) is 18.2 Å². The maximum atomic E-state index is 13.4. The molecule has 4 aromatic rings. The zero-order chi connectivity index (χ0) is 24.1. The number of benzene rings is 3. The smallest absolute Gasteiger partial charge is 0.274 e. The average molecular weight is 461 g/mol. The second-order valence-corrected chi connectivity index (χ2v) is 7.83. The highest BCUT2D eigenvalue weighted by molar-refractivity contribution is 5.93. The molecule has 0 saturated carbocycles. The fraction of sp³-hybridized carbons (Fsp3) is 0.185. The lowest BCUT2D eigenvalue weighted by Crippen LogP contribution is -2.32. The van der Waals surface area contributed by atoms with Crippen LogP contribution in [0, 0.1) is 5.82 Å². The van der Waals surface area contributed by atoms with Gasteiger partial charge in [-0.15, -0.1) is 6.58 Å². The Morgan fingerprint density at radius 1 is 1.09 bits per heavy atom. The summed E-state index contributed by atoms with van der Waals surface area (Å²) in [5, 5.41) is 16.2. The summed E-state index contributed by atoms with van der Waals surface area (Å²) in [4.78, 5) is 13.0. The van der Waals surface area contributed by atoms with E-state index >= 15 is 0 Å². The summed E-state index contributed by atoms with van der Waals surface area (Å²) < 4.78 is 25.8. The standard InChI is InChI=1S/C27H25FN2O4/c1-3-6-18-9-14-24(25(15-18)33-2)34-17-21(31)16-30-27(32)23-8-5-4-7-22(23)26(29-30)19-10-12-20(28)13-11-19/h3-5,7-15,21,31H,1,6,16-17H2,2H3. The van der Waals surface area contributed by atoms with E-state index in [2.05, 4.69) is 11.7 Å². The second kappa shape index (κ2) is 10.3. The van der Waals surface area contributed by atoms with Crippen molar-refractivity contribution in [3.8, 4) is 22.8 Å². The Morgan fingerprint density at radius 3 is 2.53 bits per heavy atom. The molecule has 0 bridgehead atoms. The van der Waals surface area contributed by atoms with Crippen molar-refractivity contribution in [3.05, 3.63) is 101 Å². The largest absolute Gasteiger partial charge is 0.493 e. The molecule has 1 N–H and O–H groups in total. The molecule has 4 rings (SSSR count). The minimum absolute atomic E-state index is 0.0655. The topological polar surface area (TPSA) is 73.6 Å². The fourth-order valence-corrected chi connectivity index (χ4v) is 3.74. The van der Waals surface area contributed by atoms with Crippen LogP contribution >= 0.6 is 0 Å². The van der Waals surface area contributed by atoms with Crippen molar-refractivity contribution >= 4 is 10.8 Å². The molecule has 174 valence electrons. The van der Waals surface area contributed by atoms with Gasteiger partial charge in [0.1, 0.15) is 18.5 Å². The summed E-state index contributed by atoms with van der Waals surface area (Å²) in [5.41, 5.74) is 1.90. The summed E-state index contributed by atoms with van der Waals surface area (Å²) in [6, 6.07) is 18.5. The monoisotopic (exact) mass is 460 g/mol. The molecule has 1 aromatic heterocycles. The van der Waals surface area contributed by atoms with Gasteiger partial charge >= 0.3 is 0 Å².